The number of aromatic amines is 1. The Kier molecular flexibility index (Phi) is 2.90. The number of amides is 1. The number of hydrogen-bond donors (Lipinski definition) is 2. The number of nitrogens with zero attached hydrogens (tertiary/aromatic N) is 1. The van der Waals surface area contributed by atoms with Gasteiger partial charge in [-0.2, -0.15) is 0 Å². The zero-order valence-corrected chi connectivity index (χ0v) is 11.0. The van der Waals surface area contributed by atoms with Crippen LogP contribution in [0.15, 0.2) is 12.4 Å². The van der Waals surface area contributed by atoms with E-state index in [9.17, 15) is 4.79 Å². The number of nitrogens with one attached hydrogen (secondary N) is 2. The van der Waals surface area contributed by atoms with E-state index < -0.39 is 0 Å². The van der Waals surface area contributed by atoms with Crippen molar-refractivity contribution in [2.24, 2.45) is 5.41 Å². The molecule has 1 spiro atoms. The van der Waals surface area contributed by atoms with Gasteiger partial charge in [-0.25, -0.2) is 0 Å². The number of carbonyl (C=O) groups excluding carboxylic acids is 1. The predicted octanol–water partition coefficient (Wildman–Crippen LogP) is 1.54. The summed E-state index contributed by atoms with van der Waals surface area (Å²) in [5.41, 5.74) is 2.35. The third-order valence-electron chi connectivity index (χ3n) is 4.63. The number of likely N-dealkylation sites (tertiary alicyclic amines) is 1. The maximum Gasteiger partial charge on any atom is 0.255 e. The van der Waals surface area contributed by atoms with E-state index in [4.69, 9.17) is 0 Å². The van der Waals surface area contributed by atoms with Crippen molar-refractivity contribution < 1.29 is 4.79 Å². The second-order valence-electron chi connectivity index (χ2n) is 5.77. The molecule has 4 nitrogen and oxygen atoms in total. The smallest absolute Gasteiger partial charge is 0.255 e. The van der Waals surface area contributed by atoms with Gasteiger partial charge in [0.25, 0.3) is 5.91 Å². The topological polar surface area (TPSA) is 48.1 Å². The highest BCUT2D eigenvalue weighted by Crippen LogP contribution is 2.37. The third kappa shape index (κ3) is 1.94. The quantitative estimate of drug-likeness (QED) is 0.791. The molecule has 0 radical (unpaired) electrons. The molecule has 1 aromatic heterocycles. The van der Waals surface area contributed by atoms with Crippen LogP contribution in [0.5, 0.6) is 0 Å². The minimum absolute atomic E-state index is 0.189. The number of piperidine rings is 1. The number of aromatic nitrogens is 1. The Morgan fingerprint density at radius 1 is 1.28 bits per heavy atom. The van der Waals surface area contributed by atoms with Crippen molar-refractivity contribution in [2.75, 3.05) is 26.2 Å². The average molecular weight is 247 g/mol. The number of hydrogen-bond acceptors (Lipinski definition) is 2. The van der Waals surface area contributed by atoms with E-state index in [0.29, 0.717) is 5.41 Å². The van der Waals surface area contributed by atoms with Crippen molar-refractivity contribution in [2.45, 2.75) is 26.2 Å². The summed E-state index contributed by atoms with van der Waals surface area (Å²) in [4.78, 5) is 17.4. The van der Waals surface area contributed by atoms with Gasteiger partial charge in [-0.05, 0) is 43.7 Å². The second kappa shape index (κ2) is 4.43. The Bertz CT molecular complexity index is 436. The molecule has 0 unspecified atom stereocenters. The van der Waals surface area contributed by atoms with Gasteiger partial charge in [0.1, 0.15) is 0 Å². The molecule has 1 amide bonds. The van der Waals surface area contributed by atoms with Crippen LogP contribution in [0.4, 0.5) is 0 Å². The molecular formula is C14H21N3O. The van der Waals surface area contributed by atoms with Crippen molar-refractivity contribution in [3.05, 3.63) is 23.5 Å². The fourth-order valence-corrected chi connectivity index (χ4v) is 3.25. The van der Waals surface area contributed by atoms with E-state index in [0.717, 1.165) is 50.1 Å². The summed E-state index contributed by atoms with van der Waals surface area (Å²) in [5.74, 6) is 0.189. The van der Waals surface area contributed by atoms with Crippen LogP contribution in [0.3, 0.4) is 0 Å². The van der Waals surface area contributed by atoms with Crippen LogP contribution in [0.1, 0.15) is 35.2 Å². The summed E-state index contributed by atoms with van der Waals surface area (Å²) in [7, 11) is 0. The molecule has 98 valence electrons. The molecule has 3 rings (SSSR count). The fourth-order valence-electron chi connectivity index (χ4n) is 3.25. The molecule has 0 bridgehead atoms. The van der Waals surface area contributed by atoms with Crippen LogP contribution >= 0.6 is 0 Å². The highest BCUT2D eigenvalue weighted by atomic mass is 16.2. The largest absolute Gasteiger partial charge is 0.367 e. The van der Waals surface area contributed by atoms with Crippen molar-refractivity contribution in [3.63, 3.8) is 0 Å². The first kappa shape index (κ1) is 11.8. The number of rotatable bonds is 1. The highest BCUT2D eigenvalue weighted by molar-refractivity contribution is 5.95. The Hall–Kier alpha value is -1.29. The molecule has 2 saturated heterocycles. The summed E-state index contributed by atoms with van der Waals surface area (Å²) in [6, 6.07) is 0. The summed E-state index contributed by atoms with van der Waals surface area (Å²) in [6.07, 6.45) is 7.28. The zero-order valence-electron chi connectivity index (χ0n) is 11.0. The average Bonchev–Trinajstić information content (AvgIpc) is 2.99. The molecule has 4 heteroatoms. The molecule has 3 heterocycles. The normalized spacial score (nSPS) is 22.6. The van der Waals surface area contributed by atoms with Crippen molar-refractivity contribution >= 4 is 5.91 Å². The number of carbonyl (C=O) groups is 1. The van der Waals surface area contributed by atoms with Crippen molar-refractivity contribution in [1.29, 1.82) is 0 Å². The first-order chi connectivity index (χ1) is 8.70. The van der Waals surface area contributed by atoms with Crippen LogP contribution in [-0.2, 0) is 0 Å². The standard InChI is InChI=1S/C14H21N3O/c1-11-8-16-9-12(11)13(18)17-6-3-14(4-7-17)2-5-15-10-14/h8-9,15-16H,2-7,10H2,1H3. The maximum atomic E-state index is 12.4. The highest BCUT2D eigenvalue weighted by Gasteiger charge is 2.38. The van der Waals surface area contributed by atoms with Gasteiger partial charge in [-0.15, -0.1) is 0 Å². The zero-order chi connectivity index (χ0) is 12.6. The third-order valence-corrected chi connectivity index (χ3v) is 4.63. The van der Waals surface area contributed by atoms with Gasteiger partial charge >= 0.3 is 0 Å². The Morgan fingerprint density at radius 3 is 2.61 bits per heavy atom. The van der Waals surface area contributed by atoms with Crippen LogP contribution in [-0.4, -0.2) is 42.0 Å². The van der Waals surface area contributed by atoms with Gasteiger partial charge in [0, 0.05) is 32.0 Å². The van der Waals surface area contributed by atoms with Crippen LogP contribution in [0, 0.1) is 12.3 Å². The van der Waals surface area contributed by atoms with Gasteiger partial charge < -0.3 is 15.2 Å². The lowest BCUT2D eigenvalue weighted by atomic mass is 9.78. The Labute approximate surface area is 108 Å². The van der Waals surface area contributed by atoms with Gasteiger partial charge in [-0.3, -0.25) is 4.79 Å². The lowest BCUT2D eigenvalue weighted by molar-refractivity contribution is 0.0607. The summed E-state index contributed by atoms with van der Waals surface area (Å²) in [6.45, 7) is 6.08. The maximum absolute atomic E-state index is 12.4. The van der Waals surface area contributed by atoms with Crippen molar-refractivity contribution in [1.82, 2.24) is 15.2 Å². The molecule has 2 fully saturated rings. The lowest BCUT2D eigenvalue weighted by Crippen LogP contribution is -2.44. The molecular weight excluding hydrogens is 226 g/mol. The van der Waals surface area contributed by atoms with E-state index in [1.54, 1.807) is 0 Å². The minimum Gasteiger partial charge on any atom is -0.367 e. The molecule has 0 aromatic carbocycles. The van der Waals surface area contributed by atoms with E-state index in [-0.39, 0.29) is 5.91 Å². The lowest BCUT2D eigenvalue weighted by Gasteiger charge is -2.38. The SMILES string of the molecule is Cc1c[nH]cc1C(=O)N1CCC2(CCNC2)CC1. The summed E-state index contributed by atoms with van der Waals surface area (Å²) < 4.78 is 0. The Morgan fingerprint density at radius 2 is 2.06 bits per heavy atom. The second-order valence-corrected chi connectivity index (χ2v) is 5.77. The van der Waals surface area contributed by atoms with Gasteiger partial charge in [0.05, 0.1) is 5.56 Å². The van der Waals surface area contributed by atoms with Crippen LogP contribution in [0.2, 0.25) is 0 Å². The van der Waals surface area contributed by atoms with Crippen molar-refractivity contribution in [3.8, 4) is 0 Å². The minimum atomic E-state index is 0.189. The van der Waals surface area contributed by atoms with E-state index in [1.165, 1.54) is 6.42 Å². The molecule has 1 aromatic rings. The molecule has 18 heavy (non-hydrogen) atoms. The van der Waals surface area contributed by atoms with Gasteiger partial charge in [0.2, 0.25) is 0 Å². The van der Waals surface area contributed by atoms with Gasteiger partial charge in [0.15, 0.2) is 0 Å². The molecule has 2 aliphatic rings. The number of H-pyrrole nitrogens is 1. The summed E-state index contributed by atoms with van der Waals surface area (Å²) in [5, 5.41) is 3.46. The van der Waals surface area contributed by atoms with Crippen LogP contribution < -0.4 is 5.32 Å². The fraction of sp³-hybridized carbons (Fsp3) is 0.643. The summed E-state index contributed by atoms with van der Waals surface area (Å²) >= 11 is 0. The number of aryl methyl sites for hydroxylation is 1. The first-order valence-electron chi connectivity index (χ1n) is 6.84. The van der Waals surface area contributed by atoms with Gasteiger partial charge in [-0.1, -0.05) is 0 Å². The molecule has 0 aliphatic carbocycles. The van der Waals surface area contributed by atoms with Crippen LogP contribution in [0.25, 0.3) is 0 Å². The monoisotopic (exact) mass is 247 g/mol. The van der Waals surface area contributed by atoms with E-state index >= 15 is 0 Å². The predicted molar refractivity (Wildman–Crippen MR) is 70.6 cm³/mol. The van der Waals surface area contributed by atoms with E-state index in [1.807, 2.05) is 24.2 Å². The molecule has 2 aliphatic heterocycles. The molecule has 2 N–H and O–H groups in total. The molecule has 0 atom stereocenters. The Balaban J connectivity index is 1.66. The van der Waals surface area contributed by atoms with E-state index in [2.05, 4.69) is 10.3 Å². The molecule has 0 saturated carbocycles. The first-order valence-corrected chi connectivity index (χ1v) is 6.84.